The van der Waals surface area contributed by atoms with Gasteiger partial charge in [-0.2, -0.15) is 4.31 Å². The van der Waals surface area contributed by atoms with Gasteiger partial charge >= 0.3 is 0 Å². The lowest BCUT2D eigenvalue weighted by atomic mass is 9.98. The van der Waals surface area contributed by atoms with Gasteiger partial charge in [-0.15, -0.1) is 0 Å². The topological polar surface area (TPSA) is 83.6 Å². The molecule has 1 fully saturated rings. The summed E-state index contributed by atoms with van der Waals surface area (Å²) >= 11 is 3.26. The Hall–Kier alpha value is -0.630. The fourth-order valence-corrected chi connectivity index (χ4v) is 4.77. The van der Waals surface area contributed by atoms with Crippen LogP contribution in [0.25, 0.3) is 0 Å². The molecule has 1 unspecified atom stereocenters. The quantitative estimate of drug-likeness (QED) is 0.787. The van der Waals surface area contributed by atoms with Crippen molar-refractivity contribution in [3.05, 3.63) is 22.7 Å². The largest absolute Gasteiger partial charge is 0.399 e. The van der Waals surface area contributed by atoms with Gasteiger partial charge in [0.1, 0.15) is 0 Å². The first-order chi connectivity index (χ1) is 9.22. The number of benzene rings is 1. The minimum absolute atomic E-state index is 0.180. The van der Waals surface area contributed by atoms with Crippen LogP contribution in [0.1, 0.15) is 26.2 Å². The molecule has 0 saturated carbocycles. The van der Waals surface area contributed by atoms with E-state index in [1.807, 2.05) is 0 Å². The van der Waals surface area contributed by atoms with E-state index in [-0.39, 0.29) is 4.90 Å². The summed E-state index contributed by atoms with van der Waals surface area (Å²) in [5, 5.41) is 10.1. The molecule has 3 N–H and O–H groups in total. The van der Waals surface area contributed by atoms with Crippen LogP contribution in [0.5, 0.6) is 0 Å². The molecule has 1 saturated heterocycles. The third kappa shape index (κ3) is 3.33. The number of anilines is 1. The van der Waals surface area contributed by atoms with E-state index < -0.39 is 15.6 Å². The zero-order chi connectivity index (χ0) is 15.0. The monoisotopic (exact) mass is 362 g/mol. The van der Waals surface area contributed by atoms with Gasteiger partial charge in [-0.3, -0.25) is 0 Å². The van der Waals surface area contributed by atoms with Crippen LogP contribution in [0.4, 0.5) is 5.69 Å². The normalized spacial score (nSPS) is 25.4. The second kappa shape index (κ2) is 5.63. The third-order valence-corrected chi connectivity index (χ3v) is 6.49. The molecule has 0 aliphatic carbocycles. The summed E-state index contributed by atoms with van der Waals surface area (Å²) in [6.45, 7) is 2.48. The number of hydrogen-bond acceptors (Lipinski definition) is 4. The summed E-state index contributed by atoms with van der Waals surface area (Å²) in [5.41, 5.74) is 5.30. The second-order valence-corrected chi connectivity index (χ2v) is 8.21. The summed E-state index contributed by atoms with van der Waals surface area (Å²) in [6.07, 6.45) is 1.69. The van der Waals surface area contributed by atoms with Crippen molar-refractivity contribution in [3.8, 4) is 0 Å². The maximum Gasteiger partial charge on any atom is 0.244 e. The summed E-state index contributed by atoms with van der Waals surface area (Å²) in [7, 11) is -3.59. The molecule has 1 aliphatic heterocycles. The second-order valence-electron chi connectivity index (χ2n) is 5.44. The minimum atomic E-state index is -3.59. The van der Waals surface area contributed by atoms with Crippen LogP contribution in [-0.2, 0) is 10.0 Å². The first kappa shape index (κ1) is 15.8. The number of sulfonamides is 1. The molecule has 0 amide bonds. The van der Waals surface area contributed by atoms with Crippen LogP contribution >= 0.6 is 15.9 Å². The van der Waals surface area contributed by atoms with Crippen LogP contribution in [-0.4, -0.2) is 36.5 Å². The number of nitrogens with zero attached hydrogens (tertiary/aromatic N) is 1. The smallest absolute Gasteiger partial charge is 0.244 e. The lowest BCUT2D eigenvalue weighted by Gasteiger charge is -2.22. The summed E-state index contributed by atoms with van der Waals surface area (Å²) in [6, 6.07) is 4.75. The van der Waals surface area contributed by atoms with Gasteiger partial charge in [0.15, 0.2) is 0 Å². The molecule has 1 heterocycles. The molecule has 0 spiro atoms. The number of nitrogens with two attached hydrogens (primary N) is 1. The van der Waals surface area contributed by atoms with Crippen molar-refractivity contribution < 1.29 is 13.5 Å². The summed E-state index contributed by atoms with van der Waals surface area (Å²) < 4.78 is 27.3. The molecular formula is C13H19BrN2O3S. The molecule has 2 rings (SSSR count). The maximum absolute atomic E-state index is 12.7. The fraction of sp³-hybridized carbons (Fsp3) is 0.538. The first-order valence-electron chi connectivity index (χ1n) is 6.50. The van der Waals surface area contributed by atoms with Crippen molar-refractivity contribution in [3.63, 3.8) is 0 Å². The molecule has 7 heteroatoms. The fourth-order valence-electron chi connectivity index (χ4n) is 2.34. The van der Waals surface area contributed by atoms with E-state index in [0.717, 1.165) is 0 Å². The van der Waals surface area contributed by atoms with E-state index in [1.165, 1.54) is 10.4 Å². The van der Waals surface area contributed by atoms with E-state index >= 15 is 0 Å². The standard InChI is InChI=1S/C13H19BrN2O3S/c1-13(17)5-2-7-16(8-6-13)20(18,19)12-9-10(15)3-4-11(12)14/h3-4,9,17H,2,5-8,15H2,1H3. The molecule has 1 aromatic rings. The highest BCUT2D eigenvalue weighted by atomic mass is 79.9. The van der Waals surface area contributed by atoms with Crippen molar-refractivity contribution in [2.24, 2.45) is 0 Å². The van der Waals surface area contributed by atoms with Gasteiger partial charge in [0.05, 0.1) is 10.5 Å². The summed E-state index contributed by atoms with van der Waals surface area (Å²) in [4.78, 5) is 0.180. The molecule has 1 aliphatic rings. The molecule has 112 valence electrons. The van der Waals surface area contributed by atoms with Crippen molar-refractivity contribution in [1.29, 1.82) is 0 Å². The van der Waals surface area contributed by atoms with Gasteiger partial charge in [-0.05, 0) is 60.3 Å². The molecule has 0 radical (unpaired) electrons. The Morgan fingerprint density at radius 3 is 2.75 bits per heavy atom. The molecule has 1 aromatic carbocycles. The molecular weight excluding hydrogens is 344 g/mol. The Balaban J connectivity index is 2.33. The predicted molar refractivity (Wildman–Crippen MR) is 81.8 cm³/mol. The van der Waals surface area contributed by atoms with Gasteiger partial charge in [-0.25, -0.2) is 8.42 Å². The van der Waals surface area contributed by atoms with Gasteiger partial charge in [0.25, 0.3) is 0 Å². The number of aliphatic hydroxyl groups is 1. The number of hydrogen-bond donors (Lipinski definition) is 2. The molecule has 20 heavy (non-hydrogen) atoms. The highest BCUT2D eigenvalue weighted by molar-refractivity contribution is 9.10. The highest BCUT2D eigenvalue weighted by Crippen LogP contribution is 2.30. The van der Waals surface area contributed by atoms with E-state index in [0.29, 0.717) is 42.5 Å². The van der Waals surface area contributed by atoms with Crippen molar-refractivity contribution in [2.75, 3.05) is 18.8 Å². The predicted octanol–water partition coefficient (Wildman–Crippen LogP) is 1.96. The maximum atomic E-state index is 12.7. The Kier molecular flexibility index (Phi) is 4.44. The number of rotatable bonds is 2. The molecule has 0 bridgehead atoms. The zero-order valence-corrected chi connectivity index (χ0v) is 13.7. The lowest BCUT2D eigenvalue weighted by molar-refractivity contribution is 0.0465. The first-order valence-corrected chi connectivity index (χ1v) is 8.73. The van der Waals surface area contributed by atoms with Crippen LogP contribution in [0, 0.1) is 0 Å². The van der Waals surface area contributed by atoms with Gasteiger partial charge in [0, 0.05) is 23.2 Å². The van der Waals surface area contributed by atoms with E-state index in [9.17, 15) is 13.5 Å². The van der Waals surface area contributed by atoms with Crippen molar-refractivity contribution in [1.82, 2.24) is 4.31 Å². The van der Waals surface area contributed by atoms with Crippen LogP contribution in [0.15, 0.2) is 27.6 Å². The van der Waals surface area contributed by atoms with E-state index in [1.54, 1.807) is 19.1 Å². The Morgan fingerprint density at radius 1 is 1.35 bits per heavy atom. The molecule has 5 nitrogen and oxygen atoms in total. The average Bonchev–Trinajstić information content (AvgIpc) is 2.53. The minimum Gasteiger partial charge on any atom is -0.399 e. The Labute approximate surface area is 128 Å². The van der Waals surface area contributed by atoms with E-state index in [2.05, 4.69) is 15.9 Å². The third-order valence-electron chi connectivity index (χ3n) is 3.60. The van der Waals surface area contributed by atoms with Crippen LogP contribution < -0.4 is 5.73 Å². The van der Waals surface area contributed by atoms with Gasteiger partial charge in [0.2, 0.25) is 10.0 Å². The van der Waals surface area contributed by atoms with Crippen LogP contribution in [0.3, 0.4) is 0 Å². The highest BCUT2D eigenvalue weighted by Gasteiger charge is 2.32. The van der Waals surface area contributed by atoms with Crippen molar-refractivity contribution >= 4 is 31.6 Å². The SMILES string of the molecule is CC1(O)CCCN(S(=O)(=O)c2cc(N)ccc2Br)CC1. The lowest BCUT2D eigenvalue weighted by Crippen LogP contribution is -2.33. The Morgan fingerprint density at radius 2 is 2.05 bits per heavy atom. The average molecular weight is 363 g/mol. The number of halogens is 1. The summed E-state index contributed by atoms with van der Waals surface area (Å²) in [5.74, 6) is 0. The van der Waals surface area contributed by atoms with Crippen molar-refractivity contribution in [2.45, 2.75) is 36.7 Å². The Bertz CT molecular complexity index is 602. The zero-order valence-electron chi connectivity index (χ0n) is 11.3. The molecule has 1 atom stereocenters. The van der Waals surface area contributed by atoms with E-state index in [4.69, 9.17) is 5.73 Å². The van der Waals surface area contributed by atoms with Gasteiger partial charge in [-0.1, -0.05) is 0 Å². The van der Waals surface area contributed by atoms with Gasteiger partial charge < -0.3 is 10.8 Å². The van der Waals surface area contributed by atoms with Crippen LogP contribution in [0.2, 0.25) is 0 Å². The number of nitrogen functional groups attached to an aromatic ring is 1. The molecule has 0 aromatic heterocycles.